The molecule has 0 N–H and O–H groups in total. The van der Waals surface area contributed by atoms with Crippen molar-refractivity contribution in [3.63, 3.8) is 0 Å². The van der Waals surface area contributed by atoms with E-state index in [1.807, 2.05) is 0 Å². The molecule has 2 aliphatic rings. The van der Waals surface area contributed by atoms with Crippen molar-refractivity contribution in [2.24, 2.45) is 0 Å². The SMILES string of the molecule is c1ccc(-c2ccc(N(c3ccc4c(c3)C3(c5ccccc5Oc5cc(-c6ccccc6)ccc53)c3ccccc3-4)c3cccc4ccccc34)cc2)cc1. The van der Waals surface area contributed by atoms with Crippen LogP contribution in [0.4, 0.5) is 17.1 Å². The molecule has 2 heteroatoms. The molecule has 1 atom stereocenters. The van der Waals surface area contributed by atoms with Crippen LogP contribution < -0.4 is 9.64 Å². The summed E-state index contributed by atoms with van der Waals surface area (Å²) in [6.45, 7) is 0. The second kappa shape index (κ2) is 12.5. The van der Waals surface area contributed by atoms with Gasteiger partial charge in [0.25, 0.3) is 0 Å². The second-order valence-corrected chi connectivity index (χ2v) is 14.4. The van der Waals surface area contributed by atoms with Gasteiger partial charge in [-0.15, -0.1) is 0 Å². The van der Waals surface area contributed by atoms with E-state index in [0.29, 0.717) is 0 Å². The highest BCUT2D eigenvalue weighted by molar-refractivity contribution is 6.00. The van der Waals surface area contributed by atoms with Crippen LogP contribution in [0.3, 0.4) is 0 Å². The summed E-state index contributed by atoms with van der Waals surface area (Å²) < 4.78 is 6.86. The Labute approximate surface area is 321 Å². The Morgan fingerprint density at radius 2 is 0.927 bits per heavy atom. The van der Waals surface area contributed by atoms with E-state index in [2.05, 4.69) is 217 Å². The highest BCUT2D eigenvalue weighted by Gasteiger charge is 2.51. The molecule has 9 aromatic carbocycles. The molecule has 1 spiro atoms. The average Bonchev–Trinajstić information content (AvgIpc) is 3.54. The molecule has 1 aliphatic carbocycles. The summed E-state index contributed by atoms with van der Waals surface area (Å²) in [5, 5.41) is 2.41. The van der Waals surface area contributed by atoms with Gasteiger partial charge in [0.1, 0.15) is 11.5 Å². The third-order valence-electron chi connectivity index (χ3n) is 11.5. The molecule has 9 aromatic rings. The van der Waals surface area contributed by atoms with E-state index < -0.39 is 5.41 Å². The highest BCUT2D eigenvalue weighted by Crippen LogP contribution is 2.63. The highest BCUT2D eigenvalue weighted by atomic mass is 16.5. The summed E-state index contributed by atoms with van der Waals surface area (Å²) >= 11 is 0. The minimum Gasteiger partial charge on any atom is -0.457 e. The van der Waals surface area contributed by atoms with Crippen LogP contribution in [0.25, 0.3) is 44.2 Å². The van der Waals surface area contributed by atoms with E-state index in [1.165, 1.54) is 49.7 Å². The second-order valence-electron chi connectivity index (χ2n) is 14.4. The molecule has 0 amide bonds. The maximum absolute atomic E-state index is 6.86. The first-order valence-corrected chi connectivity index (χ1v) is 18.9. The Morgan fingerprint density at radius 3 is 1.75 bits per heavy atom. The van der Waals surface area contributed by atoms with Crippen LogP contribution in [0.2, 0.25) is 0 Å². The van der Waals surface area contributed by atoms with E-state index in [4.69, 9.17) is 4.74 Å². The largest absolute Gasteiger partial charge is 0.457 e. The number of ether oxygens (including phenoxy) is 1. The number of rotatable bonds is 5. The van der Waals surface area contributed by atoms with Gasteiger partial charge in [0.15, 0.2) is 0 Å². The van der Waals surface area contributed by atoms with Gasteiger partial charge < -0.3 is 9.64 Å². The summed E-state index contributed by atoms with van der Waals surface area (Å²) in [6.07, 6.45) is 0. The molecule has 0 fully saturated rings. The van der Waals surface area contributed by atoms with Crippen LogP contribution >= 0.6 is 0 Å². The fraction of sp³-hybridized carbons (Fsp3) is 0.0189. The number of nitrogens with zero attached hydrogens (tertiary/aromatic N) is 1. The Kier molecular flexibility index (Phi) is 7.11. The van der Waals surface area contributed by atoms with Crippen molar-refractivity contribution in [1.82, 2.24) is 0 Å². The van der Waals surface area contributed by atoms with Gasteiger partial charge in [-0.3, -0.25) is 0 Å². The zero-order valence-corrected chi connectivity index (χ0v) is 30.1. The quantitative estimate of drug-likeness (QED) is 0.177. The van der Waals surface area contributed by atoms with Gasteiger partial charge in [-0.25, -0.2) is 0 Å². The molecule has 1 aliphatic heterocycles. The summed E-state index contributed by atoms with van der Waals surface area (Å²) in [6, 6.07) is 76.9. The van der Waals surface area contributed by atoms with Crippen molar-refractivity contribution in [2.45, 2.75) is 5.41 Å². The third-order valence-corrected chi connectivity index (χ3v) is 11.5. The molecule has 0 saturated carbocycles. The molecule has 55 heavy (non-hydrogen) atoms. The topological polar surface area (TPSA) is 12.5 Å². The minimum absolute atomic E-state index is 0.594. The zero-order chi connectivity index (χ0) is 36.3. The number of para-hydroxylation sites is 1. The van der Waals surface area contributed by atoms with Gasteiger partial charge in [-0.05, 0) is 92.4 Å². The molecule has 1 heterocycles. The van der Waals surface area contributed by atoms with E-state index in [9.17, 15) is 0 Å². The zero-order valence-electron chi connectivity index (χ0n) is 30.1. The van der Waals surface area contributed by atoms with Gasteiger partial charge in [0.2, 0.25) is 0 Å². The lowest BCUT2D eigenvalue weighted by atomic mass is 9.66. The maximum atomic E-state index is 6.86. The third kappa shape index (κ3) is 4.82. The van der Waals surface area contributed by atoms with E-state index in [-0.39, 0.29) is 0 Å². The van der Waals surface area contributed by atoms with Crippen molar-refractivity contribution < 1.29 is 4.74 Å². The molecule has 11 rings (SSSR count). The molecular weight excluding hydrogens is 667 g/mol. The molecule has 0 aromatic heterocycles. The summed E-state index contributed by atoms with van der Waals surface area (Å²) in [4.78, 5) is 2.43. The van der Waals surface area contributed by atoms with E-state index in [1.54, 1.807) is 0 Å². The van der Waals surface area contributed by atoms with Crippen LogP contribution in [0.1, 0.15) is 22.3 Å². The maximum Gasteiger partial charge on any atom is 0.132 e. The molecular formula is C53H35NO. The fourth-order valence-electron chi connectivity index (χ4n) is 9.11. The normalized spacial score (nSPS) is 14.8. The number of anilines is 3. The van der Waals surface area contributed by atoms with Crippen LogP contribution in [-0.4, -0.2) is 0 Å². The van der Waals surface area contributed by atoms with Crippen molar-refractivity contribution >= 4 is 27.8 Å². The summed E-state index contributed by atoms with van der Waals surface area (Å²) in [5.74, 6) is 1.77. The van der Waals surface area contributed by atoms with Gasteiger partial charge >= 0.3 is 0 Å². The molecule has 0 saturated heterocycles. The standard InChI is InChI=1S/C53H35NO/c1-3-14-36(15-4-1)38-26-29-41(30-27-38)54(50-24-13-19-39-18-7-8-20-43(39)50)42-31-32-45-44-21-9-10-22-46(44)53(49(45)35-42)47-23-11-12-25-51(47)55-52-34-40(28-33-48(52)53)37-16-5-2-6-17-37/h1-35H. The van der Waals surface area contributed by atoms with Crippen molar-refractivity contribution in [2.75, 3.05) is 4.90 Å². The minimum atomic E-state index is -0.594. The summed E-state index contributed by atoms with van der Waals surface area (Å²) in [5.41, 5.74) is 14.8. The first kappa shape index (κ1) is 31.4. The lowest BCUT2D eigenvalue weighted by molar-refractivity contribution is 0.436. The lowest BCUT2D eigenvalue weighted by Gasteiger charge is -2.40. The Bertz CT molecular complexity index is 2890. The van der Waals surface area contributed by atoms with Crippen LogP contribution in [0.5, 0.6) is 11.5 Å². The predicted molar refractivity (Wildman–Crippen MR) is 227 cm³/mol. The first-order valence-electron chi connectivity index (χ1n) is 18.9. The molecule has 2 nitrogen and oxygen atoms in total. The average molecular weight is 702 g/mol. The van der Waals surface area contributed by atoms with Crippen molar-refractivity contribution in [3.05, 3.63) is 235 Å². The first-order chi connectivity index (χ1) is 27.3. The van der Waals surface area contributed by atoms with Gasteiger partial charge in [-0.1, -0.05) is 170 Å². The molecule has 0 bridgehead atoms. The van der Waals surface area contributed by atoms with Crippen molar-refractivity contribution in [1.29, 1.82) is 0 Å². The summed E-state index contributed by atoms with van der Waals surface area (Å²) in [7, 11) is 0. The molecule has 1 unspecified atom stereocenters. The lowest BCUT2D eigenvalue weighted by Crippen LogP contribution is -2.32. The van der Waals surface area contributed by atoms with Crippen LogP contribution in [0, 0.1) is 0 Å². The molecule has 258 valence electrons. The Morgan fingerprint density at radius 1 is 0.345 bits per heavy atom. The van der Waals surface area contributed by atoms with Gasteiger partial charge in [0.05, 0.1) is 11.1 Å². The Hall–Kier alpha value is -7.16. The van der Waals surface area contributed by atoms with E-state index in [0.717, 1.165) is 45.3 Å². The Balaban J connectivity index is 1.17. The molecule has 0 radical (unpaired) electrons. The number of hydrogen-bond donors (Lipinski definition) is 0. The smallest absolute Gasteiger partial charge is 0.132 e. The van der Waals surface area contributed by atoms with Gasteiger partial charge in [-0.2, -0.15) is 0 Å². The monoisotopic (exact) mass is 701 g/mol. The fourth-order valence-corrected chi connectivity index (χ4v) is 9.11. The van der Waals surface area contributed by atoms with Crippen LogP contribution in [0.15, 0.2) is 212 Å². The number of hydrogen-bond acceptors (Lipinski definition) is 2. The number of benzene rings is 9. The predicted octanol–water partition coefficient (Wildman–Crippen LogP) is 14.1. The number of fused-ring (bicyclic) bond motifs is 10. The van der Waals surface area contributed by atoms with E-state index >= 15 is 0 Å². The van der Waals surface area contributed by atoms with Crippen LogP contribution in [-0.2, 0) is 5.41 Å². The van der Waals surface area contributed by atoms with Crippen molar-refractivity contribution in [3.8, 4) is 44.9 Å². The van der Waals surface area contributed by atoms with Gasteiger partial charge in [0, 0.05) is 27.9 Å².